The lowest BCUT2D eigenvalue weighted by Crippen LogP contribution is -2.54. The van der Waals surface area contributed by atoms with Crippen LogP contribution in [-0.2, 0) is 4.79 Å². The van der Waals surface area contributed by atoms with Gasteiger partial charge >= 0.3 is 12.0 Å². The molecule has 0 saturated carbocycles. The number of nitrogens with zero attached hydrogens (tertiary/aromatic N) is 2. The molecule has 1 aliphatic heterocycles. The molecule has 1 saturated heterocycles. The Labute approximate surface area is 121 Å². The number of carbonyl (C=O) groups excluding carboxylic acids is 1. The Morgan fingerprint density at radius 3 is 2.35 bits per heavy atom. The normalized spacial score (nSPS) is 17.6. The Hall–Kier alpha value is -1.30. The number of rotatable bonds is 6. The first-order valence-corrected chi connectivity index (χ1v) is 7.50. The van der Waals surface area contributed by atoms with Gasteiger partial charge in [0.2, 0.25) is 0 Å². The van der Waals surface area contributed by atoms with Crippen LogP contribution in [-0.4, -0.2) is 65.2 Å². The first-order chi connectivity index (χ1) is 9.51. The van der Waals surface area contributed by atoms with Crippen LogP contribution in [0, 0.1) is 0 Å². The molecular weight excluding hydrogens is 258 g/mol. The fourth-order valence-electron chi connectivity index (χ4n) is 2.61. The summed E-state index contributed by atoms with van der Waals surface area (Å²) in [6.45, 7) is 8.04. The molecule has 1 heterocycles. The summed E-state index contributed by atoms with van der Waals surface area (Å²) in [4.78, 5) is 27.0. The Bertz CT molecular complexity index is 330. The summed E-state index contributed by atoms with van der Waals surface area (Å²) in [6, 6.07) is 0.0135. The highest BCUT2D eigenvalue weighted by Crippen LogP contribution is 2.16. The molecule has 1 atom stereocenters. The van der Waals surface area contributed by atoms with Gasteiger partial charge in [0, 0.05) is 18.6 Å². The number of piperidine rings is 1. The third-order valence-corrected chi connectivity index (χ3v) is 4.01. The second kappa shape index (κ2) is 8.09. The van der Waals surface area contributed by atoms with Crippen molar-refractivity contribution in [2.75, 3.05) is 26.2 Å². The monoisotopic (exact) mass is 285 g/mol. The van der Waals surface area contributed by atoms with Gasteiger partial charge in [0.05, 0.1) is 0 Å². The minimum Gasteiger partial charge on any atom is -0.480 e. The van der Waals surface area contributed by atoms with E-state index in [0.29, 0.717) is 6.54 Å². The first-order valence-electron chi connectivity index (χ1n) is 7.50. The Morgan fingerprint density at radius 2 is 1.90 bits per heavy atom. The lowest BCUT2D eigenvalue weighted by Gasteiger charge is -2.39. The molecule has 1 fully saturated rings. The number of hydrogen-bond donors (Lipinski definition) is 2. The molecule has 0 aromatic heterocycles. The van der Waals surface area contributed by atoms with E-state index in [1.165, 1.54) is 4.90 Å². The maximum Gasteiger partial charge on any atom is 0.323 e. The molecule has 0 aromatic carbocycles. The number of carboxylic acid groups (broad SMARTS) is 1. The molecule has 0 aromatic rings. The summed E-state index contributed by atoms with van der Waals surface area (Å²) >= 11 is 0. The average molecular weight is 285 g/mol. The van der Waals surface area contributed by atoms with Gasteiger partial charge in [-0.2, -0.15) is 0 Å². The average Bonchev–Trinajstić information content (AvgIpc) is 2.45. The Balaban J connectivity index is 2.80. The highest BCUT2D eigenvalue weighted by molar-refractivity contribution is 5.80. The first kappa shape index (κ1) is 16.8. The molecule has 1 aliphatic rings. The van der Waals surface area contributed by atoms with E-state index in [-0.39, 0.29) is 24.7 Å². The van der Waals surface area contributed by atoms with Crippen LogP contribution in [0.25, 0.3) is 0 Å². The van der Waals surface area contributed by atoms with Crippen LogP contribution >= 0.6 is 0 Å². The van der Waals surface area contributed by atoms with Crippen molar-refractivity contribution in [1.82, 2.24) is 15.1 Å². The lowest BCUT2D eigenvalue weighted by atomic mass is 10.0. The van der Waals surface area contributed by atoms with Crippen molar-refractivity contribution in [3.05, 3.63) is 0 Å². The van der Waals surface area contributed by atoms with E-state index in [2.05, 4.69) is 5.32 Å². The molecule has 2 amide bonds. The van der Waals surface area contributed by atoms with Crippen molar-refractivity contribution in [1.29, 1.82) is 0 Å². The molecule has 6 nitrogen and oxygen atoms in total. The van der Waals surface area contributed by atoms with Crippen LogP contribution in [0.4, 0.5) is 4.79 Å². The topological polar surface area (TPSA) is 72.9 Å². The van der Waals surface area contributed by atoms with E-state index >= 15 is 0 Å². The summed E-state index contributed by atoms with van der Waals surface area (Å²) in [6.07, 6.45) is 2.62. The van der Waals surface area contributed by atoms with Crippen LogP contribution in [0.2, 0.25) is 0 Å². The van der Waals surface area contributed by atoms with Gasteiger partial charge in [-0.05, 0) is 46.2 Å². The number of nitrogens with one attached hydrogen (secondary N) is 1. The van der Waals surface area contributed by atoms with E-state index in [0.717, 1.165) is 32.4 Å². The number of carboxylic acids is 1. The Kier molecular flexibility index (Phi) is 6.78. The highest BCUT2D eigenvalue weighted by atomic mass is 16.4. The zero-order valence-electron chi connectivity index (χ0n) is 12.8. The van der Waals surface area contributed by atoms with Gasteiger partial charge in [0.15, 0.2) is 0 Å². The van der Waals surface area contributed by atoms with Gasteiger partial charge in [0.1, 0.15) is 6.54 Å². The van der Waals surface area contributed by atoms with Gasteiger partial charge in [-0.3, -0.25) is 4.79 Å². The predicted octanol–water partition coefficient (Wildman–Crippen LogP) is 1.37. The molecule has 1 rings (SSSR count). The maximum absolute atomic E-state index is 12.7. The van der Waals surface area contributed by atoms with Gasteiger partial charge in [-0.15, -0.1) is 0 Å². The Morgan fingerprint density at radius 1 is 1.30 bits per heavy atom. The molecule has 0 bridgehead atoms. The largest absolute Gasteiger partial charge is 0.480 e. The molecule has 0 radical (unpaired) electrons. The second-order valence-corrected chi connectivity index (χ2v) is 5.33. The van der Waals surface area contributed by atoms with Crippen molar-refractivity contribution in [2.24, 2.45) is 0 Å². The molecular formula is C14H27N3O3. The number of aliphatic carboxylic acids is 1. The number of amides is 2. The molecule has 2 N–H and O–H groups in total. The fourth-order valence-corrected chi connectivity index (χ4v) is 2.61. The highest BCUT2D eigenvalue weighted by Gasteiger charge is 2.30. The third-order valence-electron chi connectivity index (χ3n) is 4.01. The van der Waals surface area contributed by atoms with Gasteiger partial charge in [0.25, 0.3) is 0 Å². The fraction of sp³-hybridized carbons (Fsp3) is 0.857. The molecule has 0 aliphatic carbocycles. The number of carbonyl (C=O) groups is 2. The van der Waals surface area contributed by atoms with Crippen LogP contribution in [0.5, 0.6) is 0 Å². The smallest absolute Gasteiger partial charge is 0.323 e. The predicted molar refractivity (Wildman–Crippen MR) is 77.8 cm³/mol. The lowest BCUT2D eigenvalue weighted by molar-refractivity contribution is -0.138. The molecule has 1 unspecified atom stereocenters. The molecule has 6 heteroatoms. The van der Waals surface area contributed by atoms with Crippen molar-refractivity contribution < 1.29 is 14.7 Å². The summed E-state index contributed by atoms with van der Waals surface area (Å²) in [7, 11) is 0. The third kappa shape index (κ3) is 4.37. The van der Waals surface area contributed by atoms with Crippen molar-refractivity contribution in [3.63, 3.8) is 0 Å². The minimum absolute atomic E-state index is 0.0608. The van der Waals surface area contributed by atoms with Crippen molar-refractivity contribution in [3.8, 4) is 0 Å². The summed E-state index contributed by atoms with van der Waals surface area (Å²) in [5.74, 6) is -0.958. The summed E-state index contributed by atoms with van der Waals surface area (Å²) in [5.41, 5.74) is 0. The maximum atomic E-state index is 12.7. The SMILES string of the molecule is CCC(C)N(CC(=O)O)C(=O)N(CC)C1CCNCC1. The van der Waals surface area contributed by atoms with E-state index in [4.69, 9.17) is 5.11 Å². The van der Waals surface area contributed by atoms with Crippen LogP contribution in [0.1, 0.15) is 40.0 Å². The summed E-state index contributed by atoms with van der Waals surface area (Å²) < 4.78 is 0. The van der Waals surface area contributed by atoms with Gasteiger partial charge in [-0.25, -0.2) is 4.79 Å². The van der Waals surface area contributed by atoms with Gasteiger partial charge < -0.3 is 20.2 Å². The van der Waals surface area contributed by atoms with Crippen LogP contribution < -0.4 is 5.32 Å². The quantitative estimate of drug-likeness (QED) is 0.773. The van der Waals surface area contributed by atoms with E-state index in [1.807, 2.05) is 25.7 Å². The standard InChI is InChI=1S/C14H27N3O3/c1-4-11(3)17(10-13(18)19)14(20)16(5-2)12-6-8-15-9-7-12/h11-12,15H,4-10H2,1-3H3,(H,18,19). The number of urea groups is 1. The van der Waals surface area contributed by atoms with Crippen LogP contribution in [0.15, 0.2) is 0 Å². The van der Waals surface area contributed by atoms with Gasteiger partial charge in [-0.1, -0.05) is 6.92 Å². The van der Waals surface area contributed by atoms with Crippen molar-refractivity contribution >= 4 is 12.0 Å². The molecule has 116 valence electrons. The molecule has 0 spiro atoms. The zero-order chi connectivity index (χ0) is 15.1. The summed E-state index contributed by atoms with van der Waals surface area (Å²) in [5, 5.41) is 12.3. The van der Waals surface area contributed by atoms with Crippen molar-refractivity contribution in [2.45, 2.75) is 52.1 Å². The molecule has 20 heavy (non-hydrogen) atoms. The van der Waals surface area contributed by atoms with E-state index in [1.54, 1.807) is 0 Å². The number of hydrogen-bond acceptors (Lipinski definition) is 3. The van der Waals surface area contributed by atoms with E-state index < -0.39 is 5.97 Å². The van der Waals surface area contributed by atoms with Crippen LogP contribution in [0.3, 0.4) is 0 Å². The second-order valence-electron chi connectivity index (χ2n) is 5.33. The van der Waals surface area contributed by atoms with E-state index in [9.17, 15) is 9.59 Å². The minimum atomic E-state index is -0.958. The zero-order valence-corrected chi connectivity index (χ0v) is 12.8.